The van der Waals surface area contributed by atoms with Gasteiger partial charge in [-0.3, -0.25) is 0 Å². The molecule has 2 amide bonds. The van der Waals surface area contributed by atoms with E-state index in [1.54, 1.807) is 86.6 Å². The van der Waals surface area contributed by atoms with Crippen LogP contribution in [0.4, 0.5) is 24.6 Å². The van der Waals surface area contributed by atoms with Gasteiger partial charge < -0.3 is 0 Å². The first-order chi connectivity index (χ1) is 23.9. The van der Waals surface area contributed by atoms with Gasteiger partial charge in [-0.2, -0.15) is 0 Å². The Morgan fingerprint density at radius 2 is 1.65 bits per heavy atom. The Kier molecular flexibility index (Phi) is 12.9. The number of imide groups is 1. The molecule has 2 aliphatic rings. The van der Waals surface area contributed by atoms with Gasteiger partial charge in [0.25, 0.3) is 0 Å². The van der Waals surface area contributed by atoms with Crippen LogP contribution in [0.2, 0.25) is 5.02 Å². The molecule has 1 aromatic heterocycles. The van der Waals surface area contributed by atoms with E-state index in [9.17, 15) is 24.1 Å². The third kappa shape index (κ3) is 11.5. The van der Waals surface area contributed by atoms with Crippen LogP contribution in [0, 0.1) is 0 Å². The number of hydrogen-bond acceptors (Lipinski definition) is 14. The van der Waals surface area contributed by atoms with Crippen LogP contribution < -0.4 is 10.6 Å². The number of thioether (sulfide) groups is 1. The van der Waals surface area contributed by atoms with E-state index in [-0.39, 0.29) is 6.61 Å². The average molecular weight is 794 g/mol. The fourth-order valence-corrected chi connectivity index (χ4v) is 8.33. The second-order valence-corrected chi connectivity index (χ2v) is 18.6. The standard InChI is InChI=1S/C33H46ClFN3O12PS/c1-31(2,3)47-28(40)38(29(41)48-32(4,5)6)23-13-15-37(27(39)36-23)26-24(35)25(46-30(42)49-33(7,8)9)22(52-26)18-45-51(43)44-16-14-21(50-51)19-11-10-12-20(34)17-19/h10-13,15,17,21-22,24-26,43,51H,14,16,18H2,1-9H3/t21?,22-,24+,25-,26-/m1/s1. The first-order valence-electron chi connectivity index (χ1n) is 16.4. The summed E-state index contributed by atoms with van der Waals surface area (Å²) in [5.74, 6) is -0.432. The molecule has 1 unspecified atom stereocenters. The molecule has 1 aromatic carbocycles. The summed E-state index contributed by atoms with van der Waals surface area (Å²) in [6.07, 6.45) is -6.11. The first-order valence-corrected chi connectivity index (χ1v) is 19.4. The fraction of sp³-hybridized carbons (Fsp3) is 0.606. The van der Waals surface area contributed by atoms with Crippen molar-refractivity contribution in [2.75, 3.05) is 18.1 Å². The van der Waals surface area contributed by atoms with Crippen LogP contribution in [0.25, 0.3) is 0 Å². The van der Waals surface area contributed by atoms with Crippen LogP contribution in [-0.2, 0) is 32.5 Å². The molecule has 1 N–H and O–H groups in total. The van der Waals surface area contributed by atoms with E-state index in [0.29, 0.717) is 21.9 Å². The summed E-state index contributed by atoms with van der Waals surface area (Å²) in [5.41, 5.74) is -3.36. The Morgan fingerprint density at radius 1 is 1.04 bits per heavy atom. The molecule has 4 rings (SSSR count). The van der Waals surface area contributed by atoms with Crippen molar-refractivity contribution in [3.8, 4) is 0 Å². The number of alkyl halides is 1. The van der Waals surface area contributed by atoms with Crippen LogP contribution in [0.15, 0.2) is 41.3 Å². The van der Waals surface area contributed by atoms with Crippen molar-refractivity contribution >= 4 is 55.7 Å². The first kappa shape index (κ1) is 41.7. The Bertz CT molecular complexity index is 1650. The van der Waals surface area contributed by atoms with Crippen molar-refractivity contribution < 1.29 is 56.2 Å². The predicted molar refractivity (Wildman–Crippen MR) is 192 cm³/mol. The molecule has 3 heterocycles. The quantitative estimate of drug-likeness (QED) is 0.166. The molecule has 2 aromatic rings. The van der Waals surface area contributed by atoms with Gasteiger partial charge >= 0.3 is 259 Å². The topological polar surface area (TPSA) is 174 Å². The summed E-state index contributed by atoms with van der Waals surface area (Å²) in [5, 5.41) is -1.90. The van der Waals surface area contributed by atoms with Crippen LogP contribution in [0.1, 0.15) is 85.8 Å². The van der Waals surface area contributed by atoms with Gasteiger partial charge in [-0.15, -0.1) is 0 Å². The second kappa shape index (κ2) is 16.1. The molecule has 290 valence electrons. The predicted octanol–water partition coefficient (Wildman–Crippen LogP) is 7.44. The normalized spacial score (nSPS) is 24.0. The van der Waals surface area contributed by atoms with Crippen LogP contribution in [0.5, 0.6) is 0 Å². The van der Waals surface area contributed by atoms with Gasteiger partial charge in [-0.25, -0.2) is 0 Å². The minimum absolute atomic E-state index is 0.0981. The number of nitrogens with zero attached hydrogens (tertiary/aromatic N) is 3. The summed E-state index contributed by atoms with van der Waals surface area (Å²) in [7, 11) is -4.31. The molecule has 0 spiro atoms. The van der Waals surface area contributed by atoms with E-state index in [0.717, 1.165) is 28.6 Å². The third-order valence-corrected chi connectivity index (χ3v) is 10.4. The van der Waals surface area contributed by atoms with Crippen molar-refractivity contribution in [1.82, 2.24) is 9.55 Å². The van der Waals surface area contributed by atoms with Gasteiger partial charge in [0.15, 0.2) is 0 Å². The van der Waals surface area contributed by atoms with Crippen molar-refractivity contribution in [3.63, 3.8) is 0 Å². The third-order valence-electron chi connectivity index (χ3n) is 6.97. The van der Waals surface area contributed by atoms with Crippen molar-refractivity contribution in [2.45, 2.75) is 115 Å². The molecular formula is C33H46ClFN3O12PS. The number of rotatable bonds is 7. The monoisotopic (exact) mass is 793 g/mol. The molecule has 52 heavy (non-hydrogen) atoms. The van der Waals surface area contributed by atoms with Gasteiger partial charge in [0.2, 0.25) is 0 Å². The SMILES string of the molecule is CC(C)(C)OC(=O)O[C@H]1[C@H](F)[C@H](n2ccc(N(C(=O)OC(C)(C)C)C(=O)OC(C)(C)C)nc2=O)S[C@@H]1CO[PH]1(O)OCCC(c2cccc(Cl)c2)O1. The van der Waals surface area contributed by atoms with E-state index in [1.165, 1.54) is 0 Å². The summed E-state index contributed by atoms with van der Waals surface area (Å²) >= 11 is 6.99. The molecule has 15 nitrogen and oxygen atoms in total. The van der Waals surface area contributed by atoms with E-state index < -0.39 is 90.4 Å². The molecule has 0 radical (unpaired) electrons. The summed E-state index contributed by atoms with van der Waals surface area (Å²) < 4.78 is 55.8. The van der Waals surface area contributed by atoms with E-state index in [4.69, 9.17) is 44.1 Å². The number of carbonyl (C=O) groups excluding carboxylic acids is 3. The zero-order valence-electron chi connectivity index (χ0n) is 30.4. The fourth-order valence-electron chi connectivity index (χ4n) is 4.95. The average Bonchev–Trinajstić information content (AvgIpc) is 3.27. The number of benzene rings is 1. The molecule has 0 bridgehead atoms. The van der Waals surface area contributed by atoms with Gasteiger partial charge in [0.05, 0.1) is 0 Å². The number of halogens is 2. The molecule has 2 saturated heterocycles. The van der Waals surface area contributed by atoms with Crippen molar-refractivity contribution in [3.05, 3.63) is 57.6 Å². The minimum atomic E-state index is -4.31. The van der Waals surface area contributed by atoms with E-state index in [2.05, 4.69) is 4.98 Å². The molecule has 5 atom stereocenters. The van der Waals surface area contributed by atoms with Gasteiger partial charge in [-0.1, -0.05) is 0 Å². The molecule has 0 saturated carbocycles. The van der Waals surface area contributed by atoms with E-state index in [1.807, 2.05) is 0 Å². The number of aromatic nitrogens is 2. The Balaban J connectivity index is 1.60. The Labute approximate surface area is 311 Å². The van der Waals surface area contributed by atoms with Crippen molar-refractivity contribution in [2.24, 2.45) is 0 Å². The number of anilines is 1. The Morgan fingerprint density at radius 3 is 2.21 bits per heavy atom. The van der Waals surface area contributed by atoms with Crippen LogP contribution >= 0.6 is 31.5 Å². The van der Waals surface area contributed by atoms with Gasteiger partial charge in [-0.05, 0) is 41.5 Å². The number of hydrogen-bond donors (Lipinski definition) is 1. The summed E-state index contributed by atoms with van der Waals surface area (Å²) in [6, 6.07) is 8.06. The molecular weight excluding hydrogens is 748 g/mol. The number of carbonyl (C=O) groups is 3. The van der Waals surface area contributed by atoms with Gasteiger partial charge in [0.1, 0.15) is 11.2 Å². The van der Waals surface area contributed by atoms with Crippen LogP contribution in [0.3, 0.4) is 0 Å². The van der Waals surface area contributed by atoms with Crippen LogP contribution in [-0.4, -0.2) is 80.3 Å². The Hall–Kier alpha value is -3.05. The zero-order chi connectivity index (χ0) is 38.8. The molecule has 0 aliphatic carbocycles. The maximum atomic E-state index is 16.3. The molecule has 19 heteroatoms. The molecule has 2 fully saturated rings. The van der Waals surface area contributed by atoms with Gasteiger partial charge in [0, 0.05) is 0 Å². The van der Waals surface area contributed by atoms with Crippen molar-refractivity contribution in [1.29, 1.82) is 0 Å². The maximum absolute atomic E-state index is 16.3. The zero-order valence-corrected chi connectivity index (χ0v) is 33.0. The number of ether oxygens (including phenoxy) is 4. The second-order valence-electron chi connectivity index (χ2n) is 15.0. The van der Waals surface area contributed by atoms with E-state index >= 15 is 4.39 Å². The summed E-state index contributed by atoms with van der Waals surface area (Å²) in [4.78, 5) is 68.0. The summed E-state index contributed by atoms with van der Waals surface area (Å²) in [6.45, 7) is 14.0. The molecule has 2 aliphatic heterocycles. The number of amides is 2.